The van der Waals surface area contributed by atoms with E-state index < -0.39 is 0 Å². The van der Waals surface area contributed by atoms with Crippen LogP contribution in [0.4, 0.5) is 5.69 Å². The maximum Gasteiger partial charge on any atom is 0.0942 e. The second kappa shape index (κ2) is 5.53. The minimum atomic E-state index is 0.222. The molecular weight excluding hydrogens is 240 g/mol. The maximum atomic E-state index is 4.27. The summed E-state index contributed by atoms with van der Waals surface area (Å²) in [7, 11) is 0. The normalized spacial score (nSPS) is 11.5. The van der Waals surface area contributed by atoms with Gasteiger partial charge in [0.2, 0.25) is 0 Å². The van der Waals surface area contributed by atoms with Crippen LogP contribution in [0.5, 0.6) is 0 Å². The van der Waals surface area contributed by atoms with Crippen LogP contribution in [0.3, 0.4) is 0 Å². The highest BCUT2D eigenvalue weighted by molar-refractivity contribution is 7.09. The van der Waals surface area contributed by atoms with Gasteiger partial charge >= 0.3 is 0 Å². The molecule has 1 heterocycles. The lowest BCUT2D eigenvalue weighted by Crippen LogP contribution is -2.11. The van der Waals surface area contributed by atoms with Crippen molar-refractivity contribution in [2.75, 3.05) is 11.9 Å². The largest absolute Gasteiger partial charge is 0.385 e. The molecule has 0 spiro atoms. The van der Waals surface area contributed by atoms with Gasteiger partial charge in [0.05, 0.1) is 5.01 Å². The van der Waals surface area contributed by atoms with Gasteiger partial charge in [-0.1, -0.05) is 32.9 Å². The van der Waals surface area contributed by atoms with E-state index in [2.05, 4.69) is 55.3 Å². The van der Waals surface area contributed by atoms with E-state index in [1.807, 2.05) is 11.6 Å². The van der Waals surface area contributed by atoms with Crippen molar-refractivity contribution in [1.29, 1.82) is 0 Å². The molecule has 2 aromatic rings. The molecule has 3 heteroatoms. The number of aromatic nitrogens is 1. The molecule has 2 rings (SSSR count). The molecule has 0 fully saturated rings. The number of benzene rings is 1. The zero-order valence-electron chi connectivity index (χ0n) is 11.2. The van der Waals surface area contributed by atoms with Gasteiger partial charge in [0.1, 0.15) is 0 Å². The fraction of sp³-hybridized carbons (Fsp3) is 0.400. The molecule has 1 aromatic heterocycles. The van der Waals surface area contributed by atoms with E-state index in [0.29, 0.717) is 0 Å². The van der Waals surface area contributed by atoms with Crippen molar-refractivity contribution in [2.24, 2.45) is 0 Å². The van der Waals surface area contributed by atoms with Gasteiger partial charge in [-0.25, -0.2) is 4.98 Å². The van der Waals surface area contributed by atoms with Crippen LogP contribution in [0.2, 0.25) is 0 Å². The van der Waals surface area contributed by atoms with Crippen LogP contribution >= 0.6 is 11.3 Å². The highest BCUT2D eigenvalue weighted by Gasteiger charge is 2.12. The summed E-state index contributed by atoms with van der Waals surface area (Å²) >= 11 is 1.71. The molecule has 0 saturated heterocycles. The summed E-state index contributed by atoms with van der Waals surface area (Å²) in [6.07, 6.45) is 2.84. The van der Waals surface area contributed by atoms with E-state index in [0.717, 1.165) is 13.0 Å². The number of hydrogen-bond donors (Lipinski definition) is 1. The van der Waals surface area contributed by atoms with Crippen LogP contribution in [0.25, 0.3) is 0 Å². The number of anilines is 1. The molecule has 2 nitrogen and oxygen atoms in total. The van der Waals surface area contributed by atoms with Crippen LogP contribution < -0.4 is 5.32 Å². The van der Waals surface area contributed by atoms with Gasteiger partial charge in [0.15, 0.2) is 0 Å². The second-order valence-electron chi connectivity index (χ2n) is 5.43. The lowest BCUT2D eigenvalue weighted by Gasteiger charge is -2.19. The first-order valence-corrected chi connectivity index (χ1v) is 7.16. The summed E-state index contributed by atoms with van der Waals surface area (Å²) in [5.74, 6) is 0. The molecule has 0 radical (unpaired) electrons. The molecule has 1 N–H and O–H groups in total. The predicted molar refractivity (Wildman–Crippen MR) is 79.4 cm³/mol. The van der Waals surface area contributed by atoms with Crippen LogP contribution in [-0.2, 0) is 11.8 Å². The molecule has 0 unspecified atom stereocenters. The van der Waals surface area contributed by atoms with Gasteiger partial charge in [-0.3, -0.25) is 0 Å². The zero-order valence-corrected chi connectivity index (χ0v) is 12.1. The second-order valence-corrected chi connectivity index (χ2v) is 6.41. The van der Waals surface area contributed by atoms with Crippen molar-refractivity contribution in [3.05, 3.63) is 46.4 Å². The Labute approximate surface area is 113 Å². The molecule has 0 aliphatic carbocycles. The monoisotopic (exact) mass is 260 g/mol. The van der Waals surface area contributed by atoms with Gasteiger partial charge in [0, 0.05) is 30.2 Å². The van der Waals surface area contributed by atoms with Gasteiger partial charge in [-0.2, -0.15) is 0 Å². The SMILES string of the molecule is CC(C)(C)c1ccc(NCCc2nccs2)cc1. The average molecular weight is 260 g/mol. The Bertz CT molecular complexity index is 466. The van der Waals surface area contributed by atoms with E-state index in [4.69, 9.17) is 0 Å². The topological polar surface area (TPSA) is 24.9 Å². The zero-order chi connectivity index (χ0) is 13.0. The van der Waals surface area contributed by atoms with Crippen molar-refractivity contribution in [3.63, 3.8) is 0 Å². The fourth-order valence-corrected chi connectivity index (χ4v) is 2.40. The molecule has 18 heavy (non-hydrogen) atoms. The molecule has 0 amide bonds. The van der Waals surface area contributed by atoms with Crippen LogP contribution in [0, 0.1) is 0 Å². The summed E-state index contributed by atoms with van der Waals surface area (Å²) in [5, 5.41) is 6.64. The van der Waals surface area contributed by atoms with Gasteiger partial charge in [-0.15, -0.1) is 11.3 Å². The summed E-state index contributed by atoms with van der Waals surface area (Å²) in [6.45, 7) is 7.63. The number of hydrogen-bond acceptors (Lipinski definition) is 3. The number of rotatable bonds is 4. The Balaban J connectivity index is 1.87. The van der Waals surface area contributed by atoms with Crippen LogP contribution in [0.1, 0.15) is 31.3 Å². The first-order valence-electron chi connectivity index (χ1n) is 6.28. The van der Waals surface area contributed by atoms with Crippen LogP contribution in [-0.4, -0.2) is 11.5 Å². The first kappa shape index (κ1) is 13.1. The quantitative estimate of drug-likeness (QED) is 0.895. The van der Waals surface area contributed by atoms with Gasteiger partial charge in [-0.05, 0) is 23.1 Å². The molecule has 0 atom stereocenters. The van der Waals surface area contributed by atoms with E-state index >= 15 is 0 Å². The number of nitrogens with one attached hydrogen (secondary N) is 1. The first-order chi connectivity index (χ1) is 8.55. The Kier molecular flexibility index (Phi) is 4.02. The molecule has 96 valence electrons. The van der Waals surface area contributed by atoms with Gasteiger partial charge in [0.25, 0.3) is 0 Å². The Morgan fingerprint density at radius 3 is 2.44 bits per heavy atom. The van der Waals surface area contributed by atoms with E-state index in [9.17, 15) is 0 Å². The van der Waals surface area contributed by atoms with E-state index in [1.54, 1.807) is 11.3 Å². The maximum absolute atomic E-state index is 4.27. The van der Waals surface area contributed by atoms with Crippen molar-refractivity contribution < 1.29 is 0 Å². The molecule has 0 saturated carbocycles. The smallest absolute Gasteiger partial charge is 0.0942 e. The average Bonchev–Trinajstić information content (AvgIpc) is 2.82. The summed E-state index contributed by atoms with van der Waals surface area (Å²) in [6, 6.07) is 8.71. The fourth-order valence-electron chi connectivity index (χ4n) is 1.78. The Morgan fingerprint density at radius 2 is 1.89 bits per heavy atom. The minimum absolute atomic E-state index is 0.222. The summed E-state index contributed by atoms with van der Waals surface area (Å²) in [5.41, 5.74) is 2.77. The third-order valence-electron chi connectivity index (χ3n) is 2.90. The lowest BCUT2D eigenvalue weighted by atomic mass is 9.87. The van der Waals surface area contributed by atoms with Crippen molar-refractivity contribution in [2.45, 2.75) is 32.6 Å². The van der Waals surface area contributed by atoms with Crippen LogP contribution in [0.15, 0.2) is 35.8 Å². The number of nitrogens with zero attached hydrogens (tertiary/aromatic N) is 1. The summed E-state index contributed by atoms with van der Waals surface area (Å²) < 4.78 is 0. The molecular formula is C15H20N2S. The van der Waals surface area contributed by atoms with E-state index in [-0.39, 0.29) is 5.41 Å². The Morgan fingerprint density at radius 1 is 1.17 bits per heavy atom. The van der Waals surface area contributed by atoms with Gasteiger partial charge < -0.3 is 5.32 Å². The highest BCUT2D eigenvalue weighted by Crippen LogP contribution is 2.23. The van der Waals surface area contributed by atoms with Crippen molar-refractivity contribution >= 4 is 17.0 Å². The molecule has 1 aromatic carbocycles. The Hall–Kier alpha value is -1.35. The van der Waals surface area contributed by atoms with Crippen molar-refractivity contribution in [1.82, 2.24) is 4.98 Å². The van der Waals surface area contributed by atoms with Crippen molar-refractivity contribution in [3.8, 4) is 0 Å². The van der Waals surface area contributed by atoms with E-state index in [1.165, 1.54) is 16.3 Å². The lowest BCUT2D eigenvalue weighted by molar-refractivity contribution is 0.590. The third-order valence-corrected chi connectivity index (χ3v) is 3.74. The predicted octanol–water partition coefficient (Wildman–Crippen LogP) is 4.10. The highest BCUT2D eigenvalue weighted by atomic mass is 32.1. The molecule has 0 aliphatic heterocycles. The molecule has 0 bridgehead atoms. The molecule has 0 aliphatic rings. The minimum Gasteiger partial charge on any atom is -0.385 e. The standard InChI is InChI=1S/C15H20N2S/c1-15(2,3)12-4-6-13(7-5-12)16-9-8-14-17-10-11-18-14/h4-7,10-11,16H,8-9H2,1-3H3. The summed E-state index contributed by atoms with van der Waals surface area (Å²) in [4.78, 5) is 4.27. The third kappa shape index (κ3) is 3.57. The number of thiazole rings is 1.